The lowest BCUT2D eigenvalue weighted by Gasteiger charge is -2.13. The molecule has 150 valence electrons. The number of hydrazine groups is 1. The van der Waals surface area contributed by atoms with Crippen LogP contribution in [0.2, 0.25) is 5.02 Å². The fraction of sp³-hybridized carbons (Fsp3) is 0. The third-order valence-corrected chi connectivity index (χ3v) is 6.67. The summed E-state index contributed by atoms with van der Waals surface area (Å²) in [4.78, 5) is 24.6. The summed E-state index contributed by atoms with van der Waals surface area (Å²) in [5.41, 5.74) is 4.22. The number of para-hydroxylation sites is 1. The highest BCUT2D eigenvalue weighted by Crippen LogP contribution is 2.23. The SMILES string of the molecule is O=C(NNC(=O)c1ccccc1NS(=O)(=O)c1cccs1)c1cc(Cl)ccc1O. The summed E-state index contributed by atoms with van der Waals surface area (Å²) in [6.07, 6.45) is 0. The minimum Gasteiger partial charge on any atom is -0.507 e. The van der Waals surface area contributed by atoms with Crippen molar-refractivity contribution in [2.45, 2.75) is 4.21 Å². The molecule has 3 aromatic rings. The van der Waals surface area contributed by atoms with Crippen molar-refractivity contribution in [3.63, 3.8) is 0 Å². The summed E-state index contributed by atoms with van der Waals surface area (Å²) in [6, 6.07) is 12.8. The molecule has 0 atom stereocenters. The van der Waals surface area contributed by atoms with Gasteiger partial charge in [0.1, 0.15) is 9.96 Å². The van der Waals surface area contributed by atoms with Gasteiger partial charge in [-0.2, -0.15) is 0 Å². The molecular weight excluding hydrogens is 438 g/mol. The smallest absolute Gasteiger partial charge is 0.273 e. The van der Waals surface area contributed by atoms with Crippen LogP contribution in [0.3, 0.4) is 0 Å². The van der Waals surface area contributed by atoms with E-state index in [2.05, 4.69) is 15.6 Å². The van der Waals surface area contributed by atoms with Gasteiger partial charge in [-0.15, -0.1) is 11.3 Å². The maximum Gasteiger partial charge on any atom is 0.273 e. The Balaban J connectivity index is 1.75. The molecule has 1 heterocycles. The second-order valence-corrected chi connectivity index (χ2v) is 8.95. The first-order chi connectivity index (χ1) is 13.8. The van der Waals surface area contributed by atoms with E-state index in [4.69, 9.17) is 11.6 Å². The van der Waals surface area contributed by atoms with E-state index >= 15 is 0 Å². The van der Waals surface area contributed by atoms with Gasteiger partial charge < -0.3 is 5.11 Å². The van der Waals surface area contributed by atoms with E-state index in [-0.39, 0.29) is 31.8 Å². The van der Waals surface area contributed by atoms with Gasteiger partial charge >= 0.3 is 0 Å². The van der Waals surface area contributed by atoms with E-state index in [1.807, 2.05) is 0 Å². The average Bonchev–Trinajstić information content (AvgIpc) is 3.24. The van der Waals surface area contributed by atoms with Crippen molar-refractivity contribution in [1.82, 2.24) is 10.9 Å². The normalized spacial score (nSPS) is 10.9. The van der Waals surface area contributed by atoms with Gasteiger partial charge in [0, 0.05) is 5.02 Å². The Kier molecular flexibility index (Phi) is 6.06. The van der Waals surface area contributed by atoms with Crippen LogP contribution in [0.25, 0.3) is 0 Å². The van der Waals surface area contributed by atoms with E-state index in [9.17, 15) is 23.1 Å². The number of nitrogens with one attached hydrogen (secondary N) is 3. The molecule has 0 aliphatic rings. The Morgan fingerprint density at radius 1 is 0.931 bits per heavy atom. The minimum atomic E-state index is -3.86. The number of phenols is 1. The van der Waals surface area contributed by atoms with E-state index < -0.39 is 21.8 Å². The molecule has 0 unspecified atom stereocenters. The molecule has 11 heteroatoms. The van der Waals surface area contributed by atoms with Crippen molar-refractivity contribution in [1.29, 1.82) is 0 Å². The number of halogens is 1. The highest BCUT2D eigenvalue weighted by molar-refractivity contribution is 7.94. The number of anilines is 1. The number of sulfonamides is 1. The first kappa shape index (κ1) is 20.6. The van der Waals surface area contributed by atoms with E-state index in [0.29, 0.717) is 0 Å². The summed E-state index contributed by atoms with van der Waals surface area (Å²) < 4.78 is 27.3. The fourth-order valence-electron chi connectivity index (χ4n) is 2.32. The molecule has 4 N–H and O–H groups in total. The summed E-state index contributed by atoms with van der Waals surface area (Å²) in [7, 11) is -3.86. The molecular formula is C18H14ClN3O5S2. The average molecular weight is 452 g/mol. The Morgan fingerprint density at radius 2 is 1.62 bits per heavy atom. The molecule has 0 radical (unpaired) electrons. The number of aromatic hydroxyl groups is 1. The Hall–Kier alpha value is -3.08. The van der Waals surface area contributed by atoms with Crippen molar-refractivity contribution >= 4 is 50.5 Å². The van der Waals surface area contributed by atoms with Gasteiger partial charge in [-0.1, -0.05) is 29.8 Å². The van der Waals surface area contributed by atoms with Crippen LogP contribution in [0.5, 0.6) is 5.75 Å². The predicted molar refractivity (Wildman–Crippen MR) is 110 cm³/mol. The summed E-state index contributed by atoms with van der Waals surface area (Å²) in [5, 5.41) is 11.6. The number of hydrogen-bond donors (Lipinski definition) is 4. The lowest BCUT2D eigenvalue weighted by Crippen LogP contribution is -2.42. The van der Waals surface area contributed by atoms with E-state index in [1.165, 1.54) is 36.4 Å². The topological polar surface area (TPSA) is 125 Å². The van der Waals surface area contributed by atoms with Crippen LogP contribution < -0.4 is 15.6 Å². The van der Waals surface area contributed by atoms with Crippen LogP contribution in [0, 0.1) is 0 Å². The first-order valence-corrected chi connectivity index (χ1v) is 10.8. The third kappa shape index (κ3) is 4.86. The van der Waals surface area contributed by atoms with Crippen molar-refractivity contribution in [2.75, 3.05) is 4.72 Å². The fourth-order valence-corrected chi connectivity index (χ4v) is 4.56. The number of benzene rings is 2. The number of carbonyl (C=O) groups is 2. The van der Waals surface area contributed by atoms with Crippen LogP contribution in [0.1, 0.15) is 20.7 Å². The Bertz CT molecular complexity index is 1160. The largest absolute Gasteiger partial charge is 0.507 e. The zero-order valence-electron chi connectivity index (χ0n) is 14.5. The van der Waals surface area contributed by atoms with Crippen LogP contribution in [0.15, 0.2) is 64.2 Å². The second kappa shape index (κ2) is 8.52. The second-order valence-electron chi connectivity index (χ2n) is 5.65. The maximum atomic E-state index is 12.5. The highest BCUT2D eigenvalue weighted by atomic mass is 35.5. The summed E-state index contributed by atoms with van der Waals surface area (Å²) >= 11 is 6.84. The lowest BCUT2D eigenvalue weighted by molar-refractivity contribution is 0.0845. The highest BCUT2D eigenvalue weighted by Gasteiger charge is 2.20. The van der Waals surface area contributed by atoms with Gasteiger partial charge in [0.25, 0.3) is 21.8 Å². The van der Waals surface area contributed by atoms with Gasteiger partial charge in [-0.25, -0.2) is 8.42 Å². The first-order valence-electron chi connectivity index (χ1n) is 8.02. The van der Waals surface area contributed by atoms with E-state index in [0.717, 1.165) is 11.3 Å². The summed E-state index contributed by atoms with van der Waals surface area (Å²) in [5.74, 6) is -1.87. The number of phenolic OH excluding ortho intramolecular Hbond substituents is 1. The van der Waals surface area contributed by atoms with Gasteiger partial charge in [-0.3, -0.25) is 25.2 Å². The Morgan fingerprint density at radius 3 is 2.31 bits per heavy atom. The number of rotatable bonds is 5. The van der Waals surface area contributed by atoms with Gasteiger partial charge in [0.15, 0.2) is 0 Å². The van der Waals surface area contributed by atoms with E-state index in [1.54, 1.807) is 23.6 Å². The molecule has 0 aliphatic carbocycles. The lowest BCUT2D eigenvalue weighted by atomic mass is 10.2. The van der Waals surface area contributed by atoms with Crippen molar-refractivity contribution in [2.24, 2.45) is 0 Å². The molecule has 0 aliphatic heterocycles. The van der Waals surface area contributed by atoms with Gasteiger partial charge in [-0.05, 0) is 41.8 Å². The molecule has 0 saturated carbocycles. The van der Waals surface area contributed by atoms with Crippen LogP contribution in [-0.4, -0.2) is 25.3 Å². The van der Waals surface area contributed by atoms with Gasteiger partial charge in [0.05, 0.1) is 16.8 Å². The molecule has 29 heavy (non-hydrogen) atoms. The molecule has 3 rings (SSSR count). The Labute approximate surface area is 175 Å². The molecule has 0 fully saturated rings. The molecule has 0 bridgehead atoms. The number of hydrogen-bond acceptors (Lipinski definition) is 6. The quantitative estimate of drug-likeness (QED) is 0.444. The third-order valence-electron chi connectivity index (χ3n) is 3.67. The standard InChI is InChI=1S/C18H14ClN3O5S2/c19-11-7-8-15(23)13(10-11)18(25)21-20-17(24)12-4-1-2-5-14(12)22-29(26,27)16-6-3-9-28-16/h1-10,22-23H,(H,20,24)(H,21,25). The molecule has 8 nitrogen and oxygen atoms in total. The van der Waals surface area contributed by atoms with Crippen LogP contribution in [-0.2, 0) is 10.0 Å². The maximum absolute atomic E-state index is 12.5. The van der Waals surface area contributed by atoms with Crippen LogP contribution in [0.4, 0.5) is 5.69 Å². The van der Waals surface area contributed by atoms with Crippen molar-refractivity contribution in [3.8, 4) is 5.75 Å². The summed E-state index contributed by atoms with van der Waals surface area (Å²) in [6.45, 7) is 0. The molecule has 2 aromatic carbocycles. The molecule has 0 spiro atoms. The zero-order chi connectivity index (χ0) is 21.0. The molecule has 0 saturated heterocycles. The van der Waals surface area contributed by atoms with Crippen LogP contribution >= 0.6 is 22.9 Å². The zero-order valence-corrected chi connectivity index (χ0v) is 16.9. The number of amides is 2. The monoisotopic (exact) mass is 451 g/mol. The van der Waals surface area contributed by atoms with Crippen molar-refractivity contribution in [3.05, 3.63) is 76.1 Å². The molecule has 1 aromatic heterocycles. The minimum absolute atomic E-state index is 0.0109. The van der Waals surface area contributed by atoms with Crippen molar-refractivity contribution < 1.29 is 23.1 Å². The predicted octanol–water partition coefficient (Wildman–Crippen LogP) is 2.98. The molecule has 2 amide bonds. The van der Waals surface area contributed by atoms with Gasteiger partial charge in [0.2, 0.25) is 0 Å². The number of carbonyl (C=O) groups excluding carboxylic acids is 2. The number of thiophene rings is 1.